The van der Waals surface area contributed by atoms with E-state index in [-0.39, 0.29) is 12.5 Å². The van der Waals surface area contributed by atoms with Gasteiger partial charge >= 0.3 is 5.88 Å². The van der Waals surface area contributed by atoms with Gasteiger partial charge in [-0.3, -0.25) is 14.9 Å². The summed E-state index contributed by atoms with van der Waals surface area (Å²) in [6.07, 6.45) is 0.340. The minimum absolute atomic E-state index is 0.161. The van der Waals surface area contributed by atoms with Crippen LogP contribution < -0.4 is 0 Å². The molecule has 70 valence electrons. The molecule has 0 aliphatic carbocycles. The minimum Gasteiger partial charge on any atom is -0.467 e. The predicted octanol–water partition coefficient (Wildman–Crippen LogP) is 0.903. The first-order valence-corrected chi connectivity index (χ1v) is 3.52. The summed E-state index contributed by atoms with van der Waals surface area (Å²) in [4.78, 5) is 19.3. The second kappa shape index (κ2) is 4.24. The second-order valence-electron chi connectivity index (χ2n) is 2.21. The van der Waals surface area contributed by atoms with Crippen LogP contribution in [0.3, 0.4) is 0 Å². The highest BCUT2D eigenvalue weighted by molar-refractivity contribution is 5.36. The molecule has 0 aliphatic rings. The van der Waals surface area contributed by atoms with Crippen LogP contribution in [-0.2, 0) is 16.0 Å². The van der Waals surface area contributed by atoms with Crippen molar-refractivity contribution >= 4 is 12.4 Å². The summed E-state index contributed by atoms with van der Waals surface area (Å²) in [7, 11) is 0. The fraction of sp³-hybridized carbons (Fsp3) is 0.286. The average molecular weight is 185 g/mol. The minimum atomic E-state index is -0.621. The third-order valence-corrected chi connectivity index (χ3v) is 1.36. The first-order chi connectivity index (χ1) is 6.24. The quantitative estimate of drug-likeness (QED) is 0.294. The number of furan rings is 1. The zero-order chi connectivity index (χ0) is 9.68. The van der Waals surface area contributed by atoms with Gasteiger partial charge in [0.2, 0.25) is 0 Å². The molecule has 1 aromatic heterocycles. The van der Waals surface area contributed by atoms with Crippen molar-refractivity contribution in [1.82, 2.24) is 0 Å². The third-order valence-electron chi connectivity index (χ3n) is 1.36. The molecular weight excluding hydrogens is 178 g/mol. The molecule has 0 aromatic carbocycles. The Morgan fingerprint density at radius 1 is 1.62 bits per heavy atom. The van der Waals surface area contributed by atoms with Crippen LogP contribution >= 0.6 is 0 Å². The zero-order valence-electron chi connectivity index (χ0n) is 6.63. The van der Waals surface area contributed by atoms with E-state index < -0.39 is 4.92 Å². The van der Waals surface area contributed by atoms with Gasteiger partial charge in [-0.25, -0.2) is 0 Å². The molecule has 0 N–H and O–H groups in total. The normalized spacial score (nSPS) is 9.54. The van der Waals surface area contributed by atoms with Crippen LogP contribution in [0.5, 0.6) is 0 Å². The number of rotatable bonds is 5. The molecule has 1 rings (SSSR count). The summed E-state index contributed by atoms with van der Waals surface area (Å²) in [5.41, 5.74) is 0. The van der Waals surface area contributed by atoms with Crippen LogP contribution in [0.15, 0.2) is 16.5 Å². The zero-order valence-corrected chi connectivity index (χ0v) is 6.63. The predicted molar refractivity (Wildman–Crippen MR) is 41.1 cm³/mol. The molecule has 0 radical (unpaired) electrons. The Balaban J connectivity index is 2.49. The molecule has 0 saturated heterocycles. The maximum Gasteiger partial charge on any atom is 0.433 e. The molecule has 1 heterocycles. The maximum atomic E-state index is 10.2. The molecular formula is C7H7NO5. The smallest absolute Gasteiger partial charge is 0.433 e. The van der Waals surface area contributed by atoms with E-state index in [1.54, 1.807) is 0 Å². The SMILES string of the molecule is O=COCCc1ccc([N+](=O)[O-])o1. The van der Waals surface area contributed by atoms with E-state index in [9.17, 15) is 14.9 Å². The van der Waals surface area contributed by atoms with E-state index in [2.05, 4.69) is 4.74 Å². The monoisotopic (exact) mass is 185 g/mol. The van der Waals surface area contributed by atoms with E-state index in [0.29, 0.717) is 18.7 Å². The van der Waals surface area contributed by atoms with Crippen molar-refractivity contribution < 1.29 is 18.9 Å². The van der Waals surface area contributed by atoms with Crippen molar-refractivity contribution in [2.45, 2.75) is 6.42 Å². The molecule has 0 atom stereocenters. The topological polar surface area (TPSA) is 82.6 Å². The van der Waals surface area contributed by atoms with Crippen molar-refractivity contribution in [3.8, 4) is 0 Å². The lowest BCUT2D eigenvalue weighted by atomic mass is 10.3. The Kier molecular flexibility index (Phi) is 3.02. The van der Waals surface area contributed by atoms with Crippen LogP contribution in [0.25, 0.3) is 0 Å². The van der Waals surface area contributed by atoms with Gasteiger partial charge in [-0.05, 0) is 6.07 Å². The first-order valence-electron chi connectivity index (χ1n) is 3.52. The third kappa shape index (κ3) is 2.58. The van der Waals surface area contributed by atoms with Crippen molar-refractivity contribution in [3.05, 3.63) is 28.0 Å². The Morgan fingerprint density at radius 2 is 2.38 bits per heavy atom. The van der Waals surface area contributed by atoms with Gasteiger partial charge in [-0.1, -0.05) is 0 Å². The summed E-state index contributed by atoms with van der Waals surface area (Å²) in [6.45, 7) is 0.478. The Bertz CT molecular complexity index is 306. The molecule has 0 saturated carbocycles. The molecule has 0 spiro atoms. The Morgan fingerprint density at radius 3 is 2.92 bits per heavy atom. The lowest BCUT2D eigenvalue weighted by molar-refractivity contribution is -0.402. The molecule has 0 amide bonds. The summed E-state index contributed by atoms with van der Waals surface area (Å²) < 4.78 is 9.19. The number of hydrogen-bond donors (Lipinski definition) is 0. The van der Waals surface area contributed by atoms with Crippen LogP contribution in [0.2, 0.25) is 0 Å². The highest BCUT2D eigenvalue weighted by atomic mass is 16.6. The van der Waals surface area contributed by atoms with Crippen molar-refractivity contribution in [2.75, 3.05) is 6.61 Å². The van der Waals surface area contributed by atoms with E-state index in [0.717, 1.165) is 0 Å². The fourth-order valence-corrected chi connectivity index (χ4v) is 0.807. The standard InChI is InChI=1S/C7H7NO5/c9-5-12-4-3-6-1-2-7(13-6)8(10)11/h1-2,5H,3-4H2. The van der Waals surface area contributed by atoms with Gasteiger partial charge in [0.05, 0.1) is 12.7 Å². The molecule has 1 aromatic rings. The van der Waals surface area contributed by atoms with Crippen molar-refractivity contribution in [3.63, 3.8) is 0 Å². The molecule has 0 bridgehead atoms. The molecule has 6 nitrogen and oxygen atoms in total. The Hall–Kier alpha value is -1.85. The molecule has 6 heteroatoms. The van der Waals surface area contributed by atoms with Gasteiger partial charge < -0.3 is 9.15 Å². The largest absolute Gasteiger partial charge is 0.467 e. The molecule has 0 fully saturated rings. The lowest BCUT2D eigenvalue weighted by Crippen LogP contribution is -1.94. The number of carbonyl (C=O) groups excluding carboxylic acids is 1. The van der Waals surface area contributed by atoms with Crippen LogP contribution in [0.4, 0.5) is 5.88 Å². The number of carbonyl (C=O) groups is 1. The van der Waals surface area contributed by atoms with Gasteiger partial charge in [0.25, 0.3) is 6.47 Å². The highest BCUT2D eigenvalue weighted by Crippen LogP contribution is 2.15. The number of nitro groups is 1. The number of hydrogen-bond acceptors (Lipinski definition) is 5. The van der Waals surface area contributed by atoms with E-state index in [1.165, 1.54) is 12.1 Å². The first kappa shape index (κ1) is 9.24. The van der Waals surface area contributed by atoms with Gasteiger partial charge in [-0.15, -0.1) is 0 Å². The van der Waals surface area contributed by atoms with Crippen molar-refractivity contribution in [1.29, 1.82) is 0 Å². The Labute approximate surface area is 73.2 Å². The lowest BCUT2D eigenvalue weighted by Gasteiger charge is -1.93. The van der Waals surface area contributed by atoms with Gasteiger partial charge in [0, 0.05) is 6.42 Å². The number of ether oxygens (including phenoxy) is 1. The van der Waals surface area contributed by atoms with Crippen LogP contribution in [0, 0.1) is 10.1 Å². The van der Waals surface area contributed by atoms with Gasteiger partial charge in [0.15, 0.2) is 0 Å². The molecule has 13 heavy (non-hydrogen) atoms. The summed E-state index contributed by atoms with van der Waals surface area (Å²) in [5, 5.41) is 10.2. The second-order valence-corrected chi connectivity index (χ2v) is 2.21. The molecule has 0 aliphatic heterocycles. The van der Waals surface area contributed by atoms with E-state index in [1.807, 2.05) is 0 Å². The molecule has 0 unspecified atom stereocenters. The average Bonchev–Trinajstić information content (AvgIpc) is 2.53. The summed E-state index contributed by atoms with van der Waals surface area (Å²) in [5.74, 6) is 0.120. The van der Waals surface area contributed by atoms with Gasteiger partial charge in [-0.2, -0.15) is 0 Å². The number of nitrogens with zero attached hydrogens (tertiary/aromatic N) is 1. The van der Waals surface area contributed by atoms with E-state index in [4.69, 9.17) is 4.42 Å². The highest BCUT2D eigenvalue weighted by Gasteiger charge is 2.11. The van der Waals surface area contributed by atoms with Crippen molar-refractivity contribution in [2.24, 2.45) is 0 Å². The van der Waals surface area contributed by atoms with Gasteiger partial charge in [0.1, 0.15) is 10.7 Å². The van der Waals surface area contributed by atoms with E-state index >= 15 is 0 Å². The summed E-state index contributed by atoms with van der Waals surface area (Å²) >= 11 is 0. The summed E-state index contributed by atoms with van der Waals surface area (Å²) in [6, 6.07) is 2.74. The van der Waals surface area contributed by atoms with Crippen LogP contribution in [-0.4, -0.2) is 18.0 Å². The maximum absolute atomic E-state index is 10.2. The fourth-order valence-electron chi connectivity index (χ4n) is 0.807. The van der Waals surface area contributed by atoms with Crippen LogP contribution in [0.1, 0.15) is 5.76 Å².